The molecule has 152 valence electrons. The van der Waals surface area contributed by atoms with E-state index in [1.807, 2.05) is 54.0 Å². The van der Waals surface area contributed by atoms with Crippen LogP contribution in [0.15, 0.2) is 82.0 Å². The lowest BCUT2D eigenvalue weighted by Crippen LogP contribution is -2.26. The summed E-state index contributed by atoms with van der Waals surface area (Å²) < 4.78 is 33.6. The quantitative estimate of drug-likeness (QED) is 0.465. The van der Waals surface area contributed by atoms with E-state index < -0.39 is 16.1 Å². The summed E-state index contributed by atoms with van der Waals surface area (Å²) in [6, 6.07) is 16.7. The van der Waals surface area contributed by atoms with E-state index in [1.54, 1.807) is 34.4 Å². The van der Waals surface area contributed by atoms with Gasteiger partial charge in [0, 0.05) is 18.2 Å². The van der Waals surface area contributed by atoms with Crippen molar-refractivity contribution in [3.63, 3.8) is 0 Å². The molecule has 1 aliphatic heterocycles. The van der Waals surface area contributed by atoms with Gasteiger partial charge in [0.25, 0.3) is 0 Å². The highest BCUT2D eigenvalue weighted by Gasteiger charge is 2.38. The van der Waals surface area contributed by atoms with Crippen molar-refractivity contribution in [2.75, 3.05) is 6.26 Å². The largest absolute Gasteiger partial charge is 0.463 e. The Morgan fingerprint density at radius 2 is 1.93 bits per heavy atom. The van der Waals surface area contributed by atoms with Gasteiger partial charge in [-0.25, -0.2) is 13.1 Å². The maximum Gasteiger partial charge on any atom is 0.247 e. The van der Waals surface area contributed by atoms with Crippen LogP contribution >= 0.6 is 11.3 Å². The van der Waals surface area contributed by atoms with E-state index in [-0.39, 0.29) is 0 Å². The number of aromatic nitrogens is 2. The van der Waals surface area contributed by atoms with Crippen LogP contribution in [0.3, 0.4) is 0 Å². The number of para-hydroxylation sites is 1. The molecule has 7 nitrogen and oxygen atoms in total. The lowest BCUT2D eigenvalue weighted by Gasteiger charge is -2.20. The SMILES string of the molecule is CS(=O)(=O)N1N=C(c2ccco2)CC1c1cn(-c2ccccc2)nc1-c1cccs1. The lowest BCUT2D eigenvalue weighted by atomic mass is 10.0. The Morgan fingerprint density at radius 3 is 2.60 bits per heavy atom. The van der Waals surface area contributed by atoms with Crippen molar-refractivity contribution >= 4 is 27.1 Å². The van der Waals surface area contributed by atoms with Crippen LogP contribution in [0.1, 0.15) is 23.8 Å². The average molecular weight is 439 g/mol. The van der Waals surface area contributed by atoms with Crippen LogP contribution in [-0.4, -0.2) is 34.6 Å². The van der Waals surface area contributed by atoms with Crippen LogP contribution in [0, 0.1) is 0 Å². The van der Waals surface area contributed by atoms with Gasteiger partial charge in [-0.1, -0.05) is 24.3 Å². The molecular formula is C21H18N4O3S2. The van der Waals surface area contributed by atoms with Gasteiger partial charge in [-0.3, -0.25) is 0 Å². The molecule has 4 aromatic rings. The van der Waals surface area contributed by atoms with Gasteiger partial charge in [-0.15, -0.1) is 11.3 Å². The van der Waals surface area contributed by atoms with E-state index in [9.17, 15) is 8.42 Å². The highest BCUT2D eigenvalue weighted by molar-refractivity contribution is 7.88. The monoisotopic (exact) mass is 438 g/mol. The Morgan fingerprint density at radius 1 is 1.10 bits per heavy atom. The predicted octanol–water partition coefficient (Wildman–Crippen LogP) is 4.30. The molecule has 1 aliphatic rings. The summed E-state index contributed by atoms with van der Waals surface area (Å²) >= 11 is 1.57. The zero-order chi connectivity index (χ0) is 20.7. The first kappa shape index (κ1) is 18.8. The minimum absolute atomic E-state index is 0.402. The molecule has 5 rings (SSSR count). The van der Waals surface area contributed by atoms with Gasteiger partial charge in [0.2, 0.25) is 10.0 Å². The van der Waals surface area contributed by atoms with E-state index in [0.29, 0.717) is 17.9 Å². The number of hydrogen-bond donors (Lipinski definition) is 0. The highest BCUT2D eigenvalue weighted by Crippen LogP contribution is 2.40. The first-order valence-corrected chi connectivity index (χ1v) is 12.0. The molecule has 0 saturated carbocycles. The maximum absolute atomic E-state index is 12.6. The standard InChI is InChI=1S/C21H18N4O3S2/c1-30(26,27)25-18(13-17(22-25)19-9-5-11-28-19)16-14-24(15-7-3-2-4-8-15)23-21(16)20-10-6-12-29-20/h2-12,14,18H,13H2,1H3. The molecule has 0 amide bonds. The third kappa shape index (κ3) is 3.35. The van der Waals surface area contributed by atoms with Crippen molar-refractivity contribution in [2.24, 2.45) is 5.10 Å². The summed E-state index contributed by atoms with van der Waals surface area (Å²) in [5.74, 6) is 0.569. The molecule has 1 atom stereocenters. The van der Waals surface area contributed by atoms with Gasteiger partial charge < -0.3 is 4.42 Å². The number of rotatable bonds is 5. The number of benzene rings is 1. The van der Waals surface area contributed by atoms with Gasteiger partial charge in [0.15, 0.2) is 0 Å². The molecule has 4 heterocycles. The molecule has 1 aromatic carbocycles. The minimum Gasteiger partial charge on any atom is -0.463 e. The molecule has 9 heteroatoms. The molecule has 0 spiro atoms. The van der Waals surface area contributed by atoms with Crippen LogP contribution in [0.4, 0.5) is 0 Å². The Balaban J connectivity index is 1.64. The number of nitrogens with zero attached hydrogens (tertiary/aromatic N) is 4. The Kier molecular flexibility index (Phi) is 4.56. The number of furan rings is 1. The Hall–Kier alpha value is -3.17. The van der Waals surface area contributed by atoms with Crippen molar-refractivity contribution < 1.29 is 12.8 Å². The summed E-state index contributed by atoms with van der Waals surface area (Å²) in [5.41, 5.74) is 3.05. The maximum atomic E-state index is 12.6. The molecule has 1 unspecified atom stereocenters. The first-order valence-electron chi connectivity index (χ1n) is 9.30. The second-order valence-corrected chi connectivity index (χ2v) is 9.76. The van der Waals surface area contributed by atoms with Crippen molar-refractivity contribution in [3.05, 3.63) is 83.8 Å². The fourth-order valence-corrected chi connectivity index (χ4v) is 5.19. The second-order valence-electron chi connectivity index (χ2n) is 6.97. The van der Waals surface area contributed by atoms with E-state index in [1.165, 1.54) is 10.7 Å². The summed E-state index contributed by atoms with van der Waals surface area (Å²) in [7, 11) is -3.59. The predicted molar refractivity (Wildman–Crippen MR) is 116 cm³/mol. The van der Waals surface area contributed by atoms with Gasteiger partial charge in [0.05, 0.1) is 29.1 Å². The molecule has 0 N–H and O–H groups in total. The fourth-order valence-electron chi connectivity index (χ4n) is 3.57. The minimum atomic E-state index is -3.59. The lowest BCUT2D eigenvalue weighted by molar-refractivity contribution is 0.375. The van der Waals surface area contributed by atoms with E-state index in [2.05, 4.69) is 5.10 Å². The third-order valence-corrected chi connectivity index (χ3v) is 6.79. The van der Waals surface area contributed by atoms with Crippen molar-refractivity contribution in [2.45, 2.75) is 12.5 Å². The molecule has 0 aliphatic carbocycles. The fraction of sp³-hybridized carbons (Fsp3) is 0.143. The van der Waals surface area contributed by atoms with Gasteiger partial charge in [-0.2, -0.15) is 14.6 Å². The molecular weight excluding hydrogens is 420 g/mol. The van der Waals surface area contributed by atoms with E-state index in [4.69, 9.17) is 9.52 Å². The topological polar surface area (TPSA) is 80.7 Å². The van der Waals surface area contributed by atoms with Crippen LogP contribution in [0.25, 0.3) is 16.3 Å². The zero-order valence-corrected chi connectivity index (χ0v) is 17.7. The van der Waals surface area contributed by atoms with Crippen molar-refractivity contribution in [1.29, 1.82) is 0 Å². The van der Waals surface area contributed by atoms with Crippen LogP contribution < -0.4 is 0 Å². The Bertz CT molecular complexity index is 1290. The van der Waals surface area contributed by atoms with E-state index in [0.717, 1.165) is 21.8 Å². The van der Waals surface area contributed by atoms with Crippen molar-refractivity contribution in [3.8, 4) is 16.3 Å². The first-order chi connectivity index (χ1) is 14.5. The molecule has 3 aromatic heterocycles. The normalized spacial score (nSPS) is 16.8. The van der Waals surface area contributed by atoms with Gasteiger partial charge in [-0.05, 0) is 35.7 Å². The summed E-state index contributed by atoms with van der Waals surface area (Å²) in [6.07, 6.45) is 5.02. The van der Waals surface area contributed by atoms with Crippen molar-refractivity contribution in [1.82, 2.24) is 14.2 Å². The van der Waals surface area contributed by atoms with Gasteiger partial charge in [0.1, 0.15) is 17.2 Å². The molecule has 0 fully saturated rings. The number of hydrogen-bond acceptors (Lipinski definition) is 6. The Labute approximate surface area is 177 Å². The highest BCUT2D eigenvalue weighted by atomic mass is 32.2. The number of sulfonamides is 1. The number of hydrazone groups is 1. The second kappa shape index (κ2) is 7.26. The van der Waals surface area contributed by atoms with Crippen LogP contribution in [0.2, 0.25) is 0 Å². The molecule has 30 heavy (non-hydrogen) atoms. The molecule has 0 bridgehead atoms. The zero-order valence-electron chi connectivity index (χ0n) is 16.0. The molecule has 0 saturated heterocycles. The number of thiophene rings is 1. The summed E-state index contributed by atoms with van der Waals surface area (Å²) in [4.78, 5) is 0.972. The third-order valence-electron chi connectivity index (χ3n) is 4.89. The van der Waals surface area contributed by atoms with Crippen LogP contribution in [-0.2, 0) is 10.0 Å². The average Bonchev–Trinajstić information content (AvgIpc) is 3.53. The van der Waals surface area contributed by atoms with Crippen LogP contribution in [0.5, 0.6) is 0 Å². The summed E-state index contributed by atoms with van der Waals surface area (Å²) in [5, 5.41) is 11.2. The summed E-state index contributed by atoms with van der Waals surface area (Å²) in [6.45, 7) is 0. The van der Waals surface area contributed by atoms with Gasteiger partial charge >= 0.3 is 0 Å². The smallest absolute Gasteiger partial charge is 0.247 e. The molecule has 0 radical (unpaired) electrons. The van der Waals surface area contributed by atoms with E-state index >= 15 is 0 Å².